The molecule has 2 N–H and O–H groups in total. The van der Waals surface area contributed by atoms with Crippen molar-refractivity contribution in [1.82, 2.24) is 29.7 Å². The standard InChI is InChI=1S/C21H26N8O2/c1-4-31-20-15(8-23-21(27-20)29-6-5-14-7-22-9-16(14)29)19(30)26-17-11-28-10-12(2)24-18(28)13(3)25-17/h8,10-11,14,16,22H,4-7,9H2,1-3H3,(H,26,30)/t14-,16+/m1/s1. The molecule has 0 saturated carbocycles. The number of rotatable bonds is 5. The van der Waals surface area contributed by atoms with Crippen LogP contribution in [-0.2, 0) is 0 Å². The Labute approximate surface area is 180 Å². The van der Waals surface area contributed by atoms with Crippen molar-refractivity contribution in [2.45, 2.75) is 33.2 Å². The SMILES string of the molecule is CCOc1nc(N2CC[C@@H]3CNC[C@@H]32)ncc1C(=O)Nc1cn2cc(C)nc2c(C)n1. The van der Waals surface area contributed by atoms with Crippen LogP contribution in [0, 0.1) is 19.8 Å². The highest BCUT2D eigenvalue weighted by molar-refractivity contribution is 6.05. The predicted octanol–water partition coefficient (Wildman–Crippen LogP) is 1.59. The van der Waals surface area contributed by atoms with Gasteiger partial charge in [-0.15, -0.1) is 0 Å². The third kappa shape index (κ3) is 3.56. The number of aryl methyl sites for hydroxylation is 2. The minimum absolute atomic E-state index is 0.284. The molecule has 31 heavy (non-hydrogen) atoms. The minimum atomic E-state index is -0.361. The fourth-order valence-corrected chi connectivity index (χ4v) is 4.51. The molecule has 0 unspecified atom stereocenters. The Morgan fingerprint density at radius 3 is 2.97 bits per heavy atom. The van der Waals surface area contributed by atoms with Gasteiger partial charge in [0.25, 0.3) is 5.91 Å². The summed E-state index contributed by atoms with van der Waals surface area (Å²) in [5.41, 5.74) is 2.67. The highest BCUT2D eigenvalue weighted by Gasteiger charge is 2.39. The Morgan fingerprint density at radius 2 is 2.13 bits per heavy atom. The van der Waals surface area contributed by atoms with E-state index in [-0.39, 0.29) is 17.4 Å². The molecule has 2 aliphatic rings. The molecule has 5 rings (SSSR count). The molecule has 0 spiro atoms. The topological polar surface area (TPSA) is 110 Å². The summed E-state index contributed by atoms with van der Waals surface area (Å²) < 4.78 is 7.57. The summed E-state index contributed by atoms with van der Waals surface area (Å²) in [5, 5.41) is 6.28. The molecule has 5 heterocycles. The van der Waals surface area contributed by atoms with Gasteiger partial charge in [0.15, 0.2) is 5.65 Å². The van der Waals surface area contributed by atoms with Crippen molar-refractivity contribution in [3.8, 4) is 5.88 Å². The third-order valence-corrected chi connectivity index (χ3v) is 5.94. The summed E-state index contributed by atoms with van der Waals surface area (Å²) in [7, 11) is 0. The minimum Gasteiger partial charge on any atom is -0.477 e. The molecular weight excluding hydrogens is 396 g/mol. The summed E-state index contributed by atoms with van der Waals surface area (Å²) in [6, 6.07) is 0.395. The van der Waals surface area contributed by atoms with Crippen molar-refractivity contribution in [1.29, 1.82) is 0 Å². The number of nitrogens with one attached hydrogen (secondary N) is 2. The number of fused-ring (bicyclic) bond motifs is 2. The highest BCUT2D eigenvalue weighted by atomic mass is 16.5. The number of nitrogens with zero attached hydrogens (tertiary/aromatic N) is 6. The van der Waals surface area contributed by atoms with E-state index >= 15 is 0 Å². The second-order valence-corrected chi connectivity index (χ2v) is 8.07. The molecule has 0 radical (unpaired) electrons. The molecule has 2 aliphatic heterocycles. The Bertz CT molecular complexity index is 1140. The van der Waals surface area contributed by atoms with E-state index < -0.39 is 0 Å². The van der Waals surface area contributed by atoms with Crippen LogP contribution in [0.2, 0.25) is 0 Å². The Kier molecular flexibility index (Phi) is 4.93. The monoisotopic (exact) mass is 422 g/mol. The number of hydrogen-bond donors (Lipinski definition) is 2. The van der Waals surface area contributed by atoms with E-state index in [1.54, 1.807) is 12.4 Å². The molecule has 0 bridgehead atoms. The summed E-state index contributed by atoms with van der Waals surface area (Å²) in [6.07, 6.45) is 6.30. The molecule has 10 heteroatoms. The second kappa shape index (κ2) is 7.77. The predicted molar refractivity (Wildman–Crippen MR) is 116 cm³/mol. The maximum atomic E-state index is 13.0. The van der Waals surface area contributed by atoms with E-state index in [0.29, 0.717) is 30.3 Å². The Hall–Kier alpha value is -3.27. The Morgan fingerprint density at radius 1 is 1.26 bits per heavy atom. The van der Waals surface area contributed by atoms with Crippen molar-refractivity contribution >= 4 is 23.3 Å². The number of ether oxygens (including phenoxy) is 1. The summed E-state index contributed by atoms with van der Waals surface area (Å²) in [6.45, 7) is 8.94. The van der Waals surface area contributed by atoms with Gasteiger partial charge in [-0.25, -0.2) is 15.0 Å². The maximum absolute atomic E-state index is 13.0. The van der Waals surface area contributed by atoms with Gasteiger partial charge in [-0.3, -0.25) is 4.79 Å². The van der Waals surface area contributed by atoms with E-state index in [4.69, 9.17) is 4.74 Å². The second-order valence-electron chi connectivity index (χ2n) is 8.07. The molecule has 2 atom stereocenters. The van der Waals surface area contributed by atoms with E-state index in [9.17, 15) is 4.79 Å². The number of hydrogen-bond acceptors (Lipinski definition) is 8. The molecule has 2 saturated heterocycles. The van der Waals surface area contributed by atoms with Gasteiger partial charge in [-0.1, -0.05) is 0 Å². The maximum Gasteiger partial charge on any atom is 0.263 e. The van der Waals surface area contributed by atoms with Gasteiger partial charge in [0.1, 0.15) is 11.4 Å². The zero-order valence-corrected chi connectivity index (χ0v) is 17.9. The molecule has 10 nitrogen and oxygen atoms in total. The lowest BCUT2D eigenvalue weighted by Gasteiger charge is -2.24. The molecule has 2 fully saturated rings. The van der Waals surface area contributed by atoms with Crippen LogP contribution in [0.1, 0.15) is 35.1 Å². The van der Waals surface area contributed by atoms with E-state index in [2.05, 4.69) is 35.5 Å². The molecule has 162 valence electrons. The smallest absolute Gasteiger partial charge is 0.263 e. The zero-order valence-electron chi connectivity index (χ0n) is 17.9. The molecular formula is C21H26N8O2. The largest absolute Gasteiger partial charge is 0.477 e. The lowest BCUT2D eigenvalue weighted by molar-refractivity contribution is 0.102. The number of anilines is 2. The van der Waals surface area contributed by atoms with Crippen LogP contribution < -0.4 is 20.3 Å². The average molecular weight is 422 g/mol. The van der Waals surface area contributed by atoms with Gasteiger partial charge < -0.3 is 24.7 Å². The van der Waals surface area contributed by atoms with Crippen molar-refractivity contribution < 1.29 is 9.53 Å². The van der Waals surface area contributed by atoms with Gasteiger partial charge in [0.05, 0.1) is 24.2 Å². The van der Waals surface area contributed by atoms with E-state index in [0.717, 1.165) is 43.1 Å². The summed E-state index contributed by atoms with van der Waals surface area (Å²) in [5.74, 6) is 1.59. The molecule has 1 amide bonds. The van der Waals surface area contributed by atoms with Crippen molar-refractivity contribution in [2.24, 2.45) is 5.92 Å². The molecule has 0 aromatic carbocycles. The first-order valence-electron chi connectivity index (χ1n) is 10.6. The number of aromatic nitrogens is 5. The zero-order chi connectivity index (χ0) is 21.5. The average Bonchev–Trinajstić information content (AvgIpc) is 3.43. The van der Waals surface area contributed by atoms with Crippen molar-refractivity contribution in [3.05, 3.63) is 35.5 Å². The van der Waals surface area contributed by atoms with Gasteiger partial charge in [0, 0.05) is 38.1 Å². The highest BCUT2D eigenvalue weighted by Crippen LogP contribution is 2.31. The van der Waals surface area contributed by atoms with Gasteiger partial charge >= 0.3 is 0 Å². The van der Waals surface area contributed by atoms with Gasteiger partial charge in [-0.05, 0) is 33.1 Å². The van der Waals surface area contributed by atoms with Crippen LogP contribution in [0.3, 0.4) is 0 Å². The molecule has 0 aliphatic carbocycles. The Balaban J connectivity index is 1.41. The lowest BCUT2D eigenvalue weighted by Crippen LogP contribution is -2.35. The first kappa shape index (κ1) is 19.7. The van der Waals surface area contributed by atoms with Crippen LogP contribution in [0.15, 0.2) is 18.6 Å². The van der Waals surface area contributed by atoms with Crippen molar-refractivity contribution in [3.63, 3.8) is 0 Å². The first-order chi connectivity index (χ1) is 15.0. The van der Waals surface area contributed by atoms with Crippen molar-refractivity contribution in [2.75, 3.05) is 36.5 Å². The van der Waals surface area contributed by atoms with Crippen LogP contribution in [0.5, 0.6) is 5.88 Å². The fourth-order valence-electron chi connectivity index (χ4n) is 4.51. The van der Waals surface area contributed by atoms with Gasteiger partial charge in [-0.2, -0.15) is 4.98 Å². The van der Waals surface area contributed by atoms with Gasteiger partial charge in [0.2, 0.25) is 11.8 Å². The van der Waals surface area contributed by atoms with Crippen LogP contribution in [0.4, 0.5) is 11.8 Å². The number of carbonyl (C=O) groups excluding carboxylic acids is 1. The fraction of sp³-hybridized carbons (Fsp3) is 0.476. The van der Waals surface area contributed by atoms with Crippen LogP contribution in [-0.4, -0.2) is 62.5 Å². The number of carbonyl (C=O) groups is 1. The molecule has 3 aromatic heterocycles. The summed E-state index contributed by atoms with van der Waals surface area (Å²) >= 11 is 0. The third-order valence-electron chi connectivity index (χ3n) is 5.94. The van der Waals surface area contributed by atoms with E-state index in [1.807, 2.05) is 31.4 Å². The first-order valence-corrected chi connectivity index (χ1v) is 10.6. The van der Waals surface area contributed by atoms with Crippen LogP contribution in [0.25, 0.3) is 5.65 Å². The normalized spacial score (nSPS) is 20.3. The quantitative estimate of drug-likeness (QED) is 0.638. The number of amides is 1. The van der Waals surface area contributed by atoms with E-state index in [1.165, 1.54) is 0 Å². The van der Waals surface area contributed by atoms with Crippen LogP contribution >= 0.6 is 0 Å². The number of imidazole rings is 1. The lowest BCUT2D eigenvalue weighted by atomic mass is 10.1. The summed E-state index contributed by atoms with van der Waals surface area (Å²) in [4.78, 5) is 33.2. The molecule has 3 aromatic rings.